The van der Waals surface area contributed by atoms with Crippen molar-refractivity contribution in [2.45, 2.75) is 31.8 Å². The van der Waals surface area contributed by atoms with Crippen molar-refractivity contribution < 1.29 is 9.53 Å². The van der Waals surface area contributed by atoms with E-state index in [1.54, 1.807) is 0 Å². The van der Waals surface area contributed by atoms with Crippen molar-refractivity contribution in [3.05, 3.63) is 35.9 Å². The van der Waals surface area contributed by atoms with Gasteiger partial charge in [0.05, 0.1) is 12.7 Å². The van der Waals surface area contributed by atoms with Crippen molar-refractivity contribution in [2.24, 2.45) is 5.73 Å². The predicted molar refractivity (Wildman–Crippen MR) is 86.6 cm³/mol. The molecule has 1 heterocycles. The van der Waals surface area contributed by atoms with Crippen LogP contribution in [0.5, 0.6) is 0 Å². The molecular formula is C16H25ClN2O2. The van der Waals surface area contributed by atoms with Gasteiger partial charge in [0.15, 0.2) is 0 Å². The predicted octanol–water partition coefficient (Wildman–Crippen LogP) is 2.01. The van der Waals surface area contributed by atoms with Crippen LogP contribution in [0.4, 0.5) is 0 Å². The first-order valence-electron chi connectivity index (χ1n) is 7.43. The lowest BCUT2D eigenvalue weighted by Gasteiger charge is -2.32. The molecule has 0 atom stereocenters. The van der Waals surface area contributed by atoms with Crippen LogP contribution >= 0.6 is 12.4 Å². The summed E-state index contributed by atoms with van der Waals surface area (Å²) in [6.07, 6.45) is 3.57. The summed E-state index contributed by atoms with van der Waals surface area (Å²) in [5, 5.41) is 0. The minimum Gasteiger partial charge on any atom is -0.378 e. The molecule has 5 heteroatoms. The Hall–Kier alpha value is -1.10. The van der Waals surface area contributed by atoms with Crippen molar-refractivity contribution in [3.8, 4) is 0 Å². The molecule has 0 unspecified atom stereocenters. The number of halogens is 1. The molecule has 0 bridgehead atoms. The van der Waals surface area contributed by atoms with Crippen LogP contribution in [0.2, 0.25) is 0 Å². The lowest BCUT2D eigenvalue weighted by Crippen LogP contribution is -2.41. The number of ether oxygens (including phenoxy) is 1. The van der Waals surface area contributed by atoms with Crippen molar-refractivity contribution in [1.82, 2.24) is 4.90 Å². The van der Waals surface area contributed by atoms with Gasteiger partial charge in [-0.1, -0.05) is 30.3 Å². The summed E-state index contributed by atoms with van der Waals surface area (Å²) in [6, 6.07) is 10.4. The number of hydrogen-bond donors (Lipinski definition) is 1. The molecule has 1 amide bonds. The fourth-order valence-corrected chi connectivity index (χ4v) is 2.54. The molecule has 118 valence electrons. The smallest absolute Gasteiger partial charge is 0.223 e. The van der Waals surface area contributed by atoms with Crippen molar-refractivity contribution >= 4 is 18.3 Å². The molecule has 1 saturated heterocycles. The van der Waals surface area contributed by atoms with Crippen LogP contribution in [0.25, 0.3) is 0 Å². The van der Waals surface area contributed by atoms with Crippen LogP contribution in [0.3, 0.4) is 0 Å². The monoisotopic (exact) mass is 312 g/mol. The molecule has 0 spiro atoms. The summed E-state index contributed by atoms with van der Waals surface area (Å²) < 4.78 is 5.91. The van der Waals surface area contributed by atoms with E-state index >= 15 is 0 Å². The highest BCUT2D eigenvalue weighted by Crippen LogP contribution is 2.15. The van der Waals surface area contributed by atoms with E-state index in [0.29, 0.717) is 19.1 Å². The van der Waals surface area contributed by atoms with Gasteiger partial charge in [0.2, 0.25) is 5.91 Å². The van der Waals surface area contributed by atoms with E-state index in [9.17, 15) is 4.79 Å². The number of rotatable bonds is 6. The van der Waals surface area contributed by atoms with Crippen LogP contribution in [0.1, 0.15) is 24.8 Å². The van der Waals surface area contributed by atoms with Crippen LogP contribution in [0.15, 0.2) is 30.3 Å². The molecule has 0 aliphatic carbocycles. The maximum atomic E-state index is 11.7. The maximum absolute atomic E-state index is 11.7. The molecule has 2 rings (SSSR count). The van der Waals surface area contributed by atoms with Gasteiger partial charge >= 0.3 is 0 Å². The molecule has 0 aromatic heterocycles. The molecule has 1 aliphatic heterocycles. The SMILES string of the molecule is Cl.NCCC(=O)N1CCC(OCCc2ccccc2)CC1. The Kier molecular flexibility index (Phi) is 8.35. The first kappa shape index (κ1) is 18.0. The van der Waals surface area contributed by atoms with Gasteiger partial charge in [-0.3, -0.25) is 4.79 Å². The van der Waals surface area contributed by atoms with Gasteiger partial charge in [-0.15, -0.1) is 12.4 Å². The largest absolute Gasteiger partial charge is 0.378 e. The number of likely N-dealkylation sites (tertiary alicyclic amines) is 1. The van der Waals surface area contributed by atoms with E-state index in [1.807, 2.05) is 11.0 Å². The second kappa shape index (κ2) is 9.77. The van der Waals surface area contributed by atoms with E-state index in [-0.39, 0.29) is 18.3 Å². The number of amides is 1. The third-order valence-electron chi connectivity index (χ3n) is 3.74. The zero-order valence-electron chi connectivity index (χ0n) is 12.4. The summed E-state index contributed by atoms with van der Waals surface area (Å²) >= 11 is 0. The number of carbonyl (C=O) groups is 1. The van der Waals surface area contributed by atoms with Gasteiger partial charge in [-0.05, 0) is 24.8 Å². The Bertz CT molecular complexity index is 406. The zero-order chi connectivity index (χ0) is 14.2. The quantitative estimate of drug-likeness (QED) is 0.874. The number of hydrogen-bond acceptors (Lipinski definition) is 3. The third kappa shape index (κ3) is 6.04. The summed E-state index contributed by atoms with van der Waals surface area (Å²) in [6.45, 7) is 2.79. The minimum absolute atomic E-state index is 0. The van der Waals surface area contributed by atoms with E-state index in [4.69, 9.17) is 10.5 Å². The number of piperidine rings is 1. The standard InChI is InChI=1S/C16H24N2O2.ClH/c17-10-6-16(19)18-11-7-15(8-12-18)20-13-9-14-4-2-1-3-5-14;/h1-5,15H,6-13,17H2;1H. The van der Waals surface area contributed by atoms with E-state index in [2.05, 4.69) is 24.3 Å². The lowest BCUT2D eigenvalue weighted by molar-refractivity contribution is -0.133. The number of carbonyl (C=O) groups excluding carboxylic acids is 1. The number of benzene rings is 1. The molecule has 4 nitrogen and oxygen atoms in total. The normalized spacial score (nSPS) is 15.6. The molecule has 2 N–H and O–H groups in total. The Labute approximate surface area is 133 Å². The highest BCUT2D eigenvalue weighted by atomic mass is 35.5. The summed E-state index contributed by atoms with van der Waals surface area (Å²) in [4.78, 5) is 13.6. The first-order valence-corrected chi connectivity index (χ1v) is 7.43. The zero-order valence-corrected chi connectivity index (χ0v) is 13.2. The Morgan fingerprint density at radius 2 is 1.90 bits per heavy atom. The van der Waals surface area contributed by atoms with Crippen LogP contribution in [0, 0.1) is 0 Å². The molecule has 1 aliphatic rings. The van der Waals surface area contributed by atoms with Gasteiger partial charge in [-0.2, -0.15) is 0 Å². The maximum Gasteiger partial charge on any atom is 0.223 e. The second-order valence-electron chi connectivity index (χ2n) is 5.23. The van der Waals surface area contributed by atoms with Crippen molar-refractivity contribution in [3.63, 3.8) is 0 Å². The Morgan fingerprint density at radius 3 is 2.52 bits per heavy atom. The van der Waals surface area contributed by atoms with Gasteiger partial charge in [0.25, 0.3) is 0 Å². The minimum atomic E-state index is 0. The summed E-state index contributed by atoms with van der Waals surface area (Å²) in [5.74, 6) is 0.176. The van der Waals surface area contributed by atoms with Crippen LogP contribution in [-0.2, 0) is 16.0 Å². The molecule has 21 heavy (non-hydrogen) atoms. The molecule has 0 radical (unpaired) electrons. The summed E-state index contributed by atoms with van der Waals surface area (Å²) in [5.41, 5.74) is 6.72. The average Bonchev–Trinajstić information content (AvgIpc) is 2.49. The van der Waals surface area contributed by atoms with Gasteiger partial charge in [0, 0.05) is 26.1 Å². The Balaban J connectivity index is 0.00000220. The lowest BCUT2D eigenvalue weighted by atomic mass is 10.1. The highest BCUT2D eigenvalue weighted by molar-refractivity contribution is 5.85. The van der Waals surface area contributed by atoms with Gasteiger partial charge in [0.1, 0.15) is 0 Å². The first-order chi connectivity index (χ1) is 9.79. The second-order valence-corrected chi connectivity index (χ2v) is 5.23. The van der Waals surface area contributed by atoms with E-state index in [0.717, 1.165) is 39.0 Å². The molecule has 1 aromatic carbocycles. The van der Waals surface area contributed by atoms with Crippen LogP contribution in [-0.4, -0.2) is 43.2 Å². The van der Waals surface area contributed by atoms with Crippen molar-refractivity contribution in [2.75, 3.05) is 26.2 Å². The van der Waals surface area contributed by atoms with Gasteiger partial charge in [-0.25, -0.2) is 0 Å². The topological polar surface area (TPSA) is 55.6 Å². The Morgan fingerprint density at radius 1 is 1.24 bits per heavy atom. The summed E-state index contributed by atoms with van der Waals surface area (Å²) in [7, 11) is 0. The highest BCUT2D eigenvalue weighted by Gasteiger charge is 2.22. The fourth-order valence-electron chi connectivity index (χ4n) is 2.54. The van der Waals surface area contributed by atoms with E-state index < -0.39 is 0 Å². The third-order valence-corrected chi connectivity index (χ3v) is 3.74. The fraction of sp³-hybridized carbons (Fsp3) is 0.562. The molecule has 1 fully saturated rings. The number of nitrogens with zero attached hydrogens (tertiary/aromatic N) is 1. The van der Waals surface area contributed by atoms with E-state index in [1.165, 1.54) is 5.56 Å². The molecule has 1 aromatic rings. The molecule has 0 saturated carbocycles. The van der Waals surface area contributed by atoms with Crippen LogP contribution < -0.4 is 5.73 Å². The number of nitrogens with two attached hydrogens (primary N) is 1. The molecular weight excluding hydrogens is 288 g/mol. The van der Waals surface area contributed by atoms with Gasteiger partial charge < -0.3 is 15.4 Å². The van der Waals surface area contributed by atoms with Crippen molar-refractivity contribution in [1.29, 1.82) is 0 Å². The average molecular weight is 313 g/mol.